The third-order valence-corrected chi connectivity index (χ3v) is 4.37. The van der Waals surface area contributed by atoms with E-state index in [0.717, 1.165) is 21.5 Å². The lowest BCUT2D eigenvalue weighted by Crippen LogP contribution is -2.34. The quantitative estimate of drug-likeness (QED) is 0.394. The minimum absolute atomic E-state index is 0.226. The summed E-state index contributed by atoms with van der Waals surface area (Å²) in [7, 11) is 0. The Morgan fingerprint density at radius 2 is 1.71 bits per heavy atom. The molecule has 0 spiro atoms. The lowest BCUT2D eigenvalue weighted by Gasteiger charge is -2.13. The molecule has 0 unspecified atom stereocenters. The monoisotopic (exact) mass is 437 g/mol. The molecule has 5 nitrogen and oxygen atoms in total. The van der Waals surface area contributed by atoms with Crippen LogP contribution in [0.1, 0.15) is 12.5 Å². The summed E-state index contributed by atoms with van der Waals surface area (Å²) in [4.78, 5) is 12.2. The Morgan fingerprint density at radius 1 is 1.00 bits per heavy atom. The van der Waals surface area contributed by atoms with Crippen LogP contribution in [0.4, 0.5) is 5.69 Å². The number of nitrogens with one attached hydrogen (secondary N) is 2. The van der Waals surface area contributed by atoms with Gasteiger partial charge in [0.05, 0.1) is 6.21 Å². The number of carbonyl (C=O) groups is 1. The van der Waals surface area contributed by atoms with E-state index in [1.165, 1.54) is 0 Å². The Labute approximate surface area is 172 Å². The first-order chi connectivity index (χ1) is 13.6. The molecule has 28 heavy (non-hydrogen) atoms. The van der Waals surface area contributed by atoms with Crippen LogP contribution in [-0.2, 0) is 4.79 Å². The third kappa shape index (κ3) is 5.96. The van der Waals surface area contributed by atoms with Crippen molar-refractivity contribution in [1.82, 2.24) is 5.43 Å². The fraction of sp³-hybridized carbons (Fsp3) is 0.0909. The number of anilines is 1. The first kappa shape index (κ1) is 19.6. The minimum Gasteiger partial charge on any atom is -0.457 e. The van der Waals surface area contributed by atoms with E-state index in [-0.39, 0.29) is 5.91 Å². The van der Waals surface area contributed by atoms with E-state index in [1.807, 2.05) is 78.9 Å². The van der Waals surface area contributed by atoms with Gasteiger partial charge in [-0.05, 0) is 61.0 Å². The lowest BCUT2D eigenvalue weighted by atomic mass is 10.2. The number of rotatable bonds is 7. The van der Waals surface area contributed by atoms with Gasteiger partial charge in [-0.2, -0.15) is 5.10 Å². The molecule has 3 rings (SSSR count). The molecular weight excluding hydrogens is 418 g/mol. The maximum absolute atomic E-state index is 12.2. The highest BCUT2D eigenvalue weighted by molar-refractivity contribution is 9.10. The summed E-state index contributed by atoms with van der Waals surface area (Å²) >= 11 is 3.39. The van der Waals surface area contributed by atoms with Crippen LogP contribution in [0.15, 0.2) is 88.4 Å². The number of hydrazone groups is 1. The molecule has 1 atom stereocenters. The molecule has 0 fully saturated rings. The average Bonchev–Trinajstić information content (AvgIpc) is 2.71. The Hall–Kier alpha value is -3.12. The molecule has 0 aliphatic heterocycles. The van der Waals surface area contributed by atoms with Gasteiger partial charge in [0.1, 0.15) is 17.5 Å². The second kappa shape index (κ2) is 9.71. The highest BCUT2D eigenvalue weighted by atomic mass is 79.9. The van der Waals surface area contributed by atoms with Crippen LogP contribution in [0.5, 0.6) is 11.5 Å². The number of hydrogen-bond acceptors (Lipinski definition) is 4. The topological polar surface area (TPSA) is 62.7 Å². The Balaban J connectivity index is 1.54. The molecule has 6 heteroatoms. The maximum Gasteiger partial charge on any atom is 0.262 e. The van der Waals surface area contributed by atoms with E-state index in [1.54, 1.807) is 13.1 Å². The van der Waals surface area contributed by atoms with Crippen molar-refractivity contribution in [3.8, 4) is 11.5 Å². The molecule has 0 saturated heterocycles. The molecule has 0 radical (unpaired) electrons. The van der Waals surface area contributed by atoms with Crippen LogP contribution >= 0.6 is 15.9 Å². The molecule has 3 aromatic carbocycles. The van der Waals surface area contributed by atoms with Crippen molar-refractivity contribution in [1.29, 1.82) is 0 Å². The summed E-state index contributed by atoms with van der Waals surface area (Å²) in [6, 6.07) is 24.2. The summed E-state index contributed by atoms with van der Waals surface area (Å²) in [5.74, 6) is 1.24. The number of hydrogen-bond donors (Lipinski definition) is 2. The summed E-state index contributed by atoms with van der Waals surface area (Å²) in [6.45, 7) is 1.78. The van der Waals surface area contributed by atoms with Crippen molar-refractivity contribution in [2.24, 2.45) is 5.10 Å². The van der Waals surface area contributed by atoms with Crippen molar-refractivity contribution in [2.45, 2.75) is 13.0 Å². The van der Waals surface area contributed by atoms with Gasteiger partial charge < -0.3 is 10.1 Å². The maximum atomic E-state index is 12.2. The molecule has 0 aromatic heterocycles. The number of ether oxygens (including phenoxy) is 1. The SMILES string of the molecule is C[C@@H](Nc1ccc(Br)cc1)C(=O)N/N=C\c1cccc(Oc2ccccc2)c1. The van der Waals surface area contributed by atoms with Gasteiger partial charge in [-0.25, -0.2) is 5.43 Å². The summed E-state index contributed by atoms with van der Waals surface area (Å²) in [5.41, 5.74) is 4.23. The Morgan fingerprint density at radius 3 is 2.46 bits per heavy atom. The lowest BCUT2D eigenvalue weighted by molar-refractivity contribution is -0.121. The Kier molecular flexibility index (Phi) is 6.81. The van der Waals surface area contributed by atoms with Crippen molar-refractivity contribution >= 4 is 33.7 Å². The van der Waals surface area contributed by atoms with Crippen molar-refractivity contribution in [3.05, 3.63) is 88.9 Å². The van der Waals surface area contributed by atoms with Crippen molar-refractivity contribution in [3.63, 3.8) is 0 Å². The van der Waals surface area contributed by atoms with E-state index in [4.69, 9.17) is 4.74 Å². The second-order valence-electron chi connectivity index (χ2n) is 6.09. The van der Waals surface area contributed by atoms with Gasteiger partial charge >= 0.3 is 0 Å². The summed E-state index contributed by atoms with van der Waals surface area (Å²) in [6.07, 6.45) is 1.59. The average molecular weight is 438 g/mol. The van der Waals surface area contributed by atoms with E-state index >= 15 is 0 Å². The number of amides is 1. The van der Waals surface area contributed by atoms with Gasteiger partial charge in [-0.1, -0.05) is 46.3 Å². The fourth-order valence-electron chi connectivity index (χ4n) is 2.41. The van der Waals surface area contributed by atoms with Crippen LogP contribution in [-0.4, -0.2) is 18.2 Å². The van der Waals surface area contributed by atoms with Gasteiger partial charge in [-0.15, -0.1) is 0 Å². The molecule has 2 N–H and O–H groups in total. The number of para-hydroxylation sites is 1. The van der Waals surface area contributed by atoms with Crippen LogP contribution in [0.3, 0.4) is 0 Å². The third-order valence-electron chi connectivity index (χ3n) is 3.85. The van der Waals surface area contributed by atoms with Crippen LogP contribution in [0.25, 0.3) is 0 Å². The standard InChI is InChI=1S/C22H20BrN3O2/c1-16(25-19-12-10-18(23)11-13-19)22(27)26-24-15-17-6-5-9-21(14-17)28-20-7-3-2-4-8-20/h2-16,25H,1H3,(H,26,27)/b24-15-/t16-/m1/s1. The molecule has 1 amide bonds. The number of halogens is 1. The van der Waals surface area contributed by atoms with Crippen LogP contribution in [0.2, 0.25) is 0 Å². The van der Waals surface area contributed by atoms with Crippen molar-refractivity contribution in [2.75, 3.05) is 5.32 Å². The normalized spacial score (nSPS) is 11.8. The highest BCUT2D eigenvalue weighted by Crippen LogP contribution is 2.21. The second-order valence-corrected chi connectivity index (χ2v) is 7.01. The van der Waals surface area contributed by atoms with Gasteiger partial charge in [0, 0.05) is 10.2 Å². The van der Waals surface area contributed by atoms with E-state index in [2.05, 4.69) is 31.8 Å². The highest BCUT2D eigenvalue weighted by Gasteiger charge is 2.11. The molecule has 142 valence electrons. The van der Waals surface area contributed by atoms with E-state index in [0.29, 0.717) is 5.75 Å². The molecule has 0 aliphatic rings. The smallest absolute Gasteiger partial charge is 0.262 e. The predicted octanol–water partition coefficient (Wildman–Crippen LogP) is 5.19. The molecule has 0 aliphatic carbocycles. The molecule has 3 aromatic rings. The first-order valence-electron chi connectivity index (χ1n) is 8.78. The van der Waals surface area contributed by atoms with E-state index in [9.17, 15) is 4.79 Å². The zero-order chi connectivity index (χ0) is 19.8. The van der Waals surface area contributed by atoms with E-state index < -0.39 is 6.04 Å². The molecule has 0 heterocycles. The van der Waals surface area contributed by atoms with Gasteiger partial charge in [0.2, 0.25) is 0 Å². The summed E-state index contributed by atoms with van der Waals surface area (Å²) in [5, 5.41) is 7.17. The zero-order valence-corrected chi connectivity index (χ0v) is 16.9. The van der Waals surface area contributed by atoms with Gasteiger partial charge in [-0.3, -0.25) is 4.79 Å². The van der Waals surface area contributed by atoms with Gasteiger partial charge in [0.15, 0.2) is 0 Å². The van der Waals surface area contributed by atoms with Gasteiger partial charge in [0.25, 0.3) is 5.91 Å². The molecule has 0 bridgehead atoms. The van der Waals surface area contributed by atoms with Crippen LogP contribution in [0, 0.1) is 0 Å². The summed E-state index contributed by atoms with van der Waals surface area (Å²) < 4.78 is 6.78. The number of benzene rings is 3. The Bertz CT molecular complexity index is 944. The largest absolute Gasteiger partial charge is 0.457 e. The number of nitrogens with zero attached hydrogens (tertiary/aromatic N) is 1. The van der Waals surface area contributed by atoms with Crippen LogP contribution < -0.4 is 15.5 Å². The van der Waals surface area contributed by atoms with Crippen molar-refractivity contribution < 1.29 is 9.53 Å². The minimum atomic E-state index is -0.425. The predicted molar refractivity (Wildman–Crippen MR) is 116 cm³/mol. The molecule has 0 saturated carbocycles. The number of carbonyl (C=O) groups excluding carboxylic acids is 1. The zero-order valence-electron chi connectivity index (χ0n) is 15.3. The fourth-order valence-corrected chi connectivity index (χ4v) is 2.68. The molecular formula is C22H20BrN3O2. The first-order valence-corrected chi connectivity index (χ1v) is 9.57.